The van der Waals surface area contributed by atoms with Crippen molar-refractivity contribution in [2.24, 2.45) is 0 Å². The fraction of sp³-hybridized carbons (Fsp3) is 0.438. The number of fused-ring (bicyclic) bond motifs is 1. The Kier molecular flexibility index (Phi) is 4.31. The van der Waals surface area contributed by atoms with Gasteiger partial charge < -0.3 is 14.6 Å². The van der Waals surface area contributed by atoms with Crippen molar-refractivity contribution < 1.29 is 24.3 Å². The molecule has 1 N–H and O–H groups in total. The Morgan fingerprint density at radius 1 is 1.43 bits per heavy atom. The van der Waals surface area contributed by atoms with Crippen LogP contribution in [0.3, 0.4) is 0 Å². The molecule has 0 saturated carbocycles. The van der Waals surface area contributed by atoms with Crippen LogP contribution in [0, 0.1) is 24.0 Å². The Morgan fingerprint density at radius 2 is 2.09 bits per heavy atom. The van der Waals surface area contributed by atoms with Crippen molar-refractivity contribution in [3.05, 3.63) is 38.6 Å². The van der Waals surface area contributed by atoms with E-state index in [-0.39, 0.29) is 5.75 Å². The first kappa shape index (κ1) is 16.8. The van der Waals surface area contributed by atoms with E-state index >= 15 is 0 Å². The summed E-state index contributed by atoms with van der Waals surface area (Å²) in [5.74, 6) is -0.0114. The van der Waals surface area contributed by atoms with Crippen LogP contribution in [0.15, 0.2) is 6.20 Å². The van der Waals surface area contributed by atoms with Gasteiger partial charge >= 0.3 is 5.97 Å². The Hall–Kier alpha value is -2.57. The minimum absolute atomic E-state index is 0.00961. The number of hydrogen-bond donors (Lipinski definition) is 1. The summed E-state index contributed by atoms with van der Waals surface area (Å²) in [5.41, 5.74) is 1.16. The molecular formula is C16H19NO6. The average Bonchev–Trinajstić information content (AvgIpc) is 2.52. The van der Waals surface area contributed by atoms with E-state index in [0.29, 0.717) is 40.8 Å². The van der Waals surface area contributed by atoms with Gasteiger partial charge in [-0.1, -0.05) is 0 Å². The predicted octanol–water partition coefficient (Wildman–Crippen LogP) is 2.51. The molecule has 1 aromatic rings. The number of carbonyl (C=O) groups is 1. The quantitative estimate of drug-likeness (QED) is 0.522. The van der Waals surface area contributed by atoms with Gasteiger partial charge in [-0.3, -0.25) is 10.1 Å². The summed E-state index contributed by atoms with van der Waals surface area (Å²) >= 11 is 0. The zero-order valence-corrected chi connectivity index (χ0v) is 13.5. The van der Waals surface area contributed by atoms with E-state index in [0.717, 1.165) is 6.20 Å². The Labute approximate surface area is 133 Å². The number of esters is 1. The number of nitro groups is 1. The molecule has 124 valence electrons. The third-order valence-corrected chi connectivity index (χ3v) is 4.27. The Balaban J connectivity index is 2.61. The number of hydrogen-bond acceptors (Lipinski definition) is 6. The lowest BCUT2D eigenvalue weighted by Crippen LogP contribution is -2.45. The smallest absolute Gasteiger partial charge is 0.349 e. The van der Waals surface area contributed by atoms with Crippen LogP contribution >= 0.6 is 0 Å². The van der Waals surface area contributed by atoms with Gasteiger partial charge in [-0.2, -0.15) is 0 Å². The molecule has 23 heavy (non-hydrogen) atoms. The van der Waals surface area contributed by atoms with Crippen LogP contribution in [0.4, 0.5) is 0 Å². The normalized spacial score (nSPS) is 20.0. The summed E-state index contributed by atoms with van der Waals surface area (Å²) in [7, 11) is 1.30. The fourth-order valence-electron chi connectivity index (χ4n) is 2.74. The third-order valence-electron chi connectivity index (χ3n) is 4.27. The SMILES string of the molecule is COC(=O)C1(C)CCc2c(/C=C/[N+](=O)[O-])c(O)c(C)c(C)c2O1. The molecule has 0 bridgehead atoms. The first-order valence-electron chi connectivity index (χ1n) is 7.15. The minimum atomic E-state index is -1.11. The number of methoxy groups -OCH3 is 1. The molecule has 0 amide bonds. The van der Waals surface area contributed by atoms with Crippen LogP contribution in [0.5, 0.6) is 11.5 Å². The summed E-state index contributed by atoms with van der Waals surface area (Å²) < 4.78 is 10.7. The topological polar surface area (TPSA) is 98.9 Å². The summed E-state index contributed by atoms with van der Waals surface area (Å²) in [6, 6.07) is 0. The molecule has 7 nitrogen and oxygen atoms in total. The highest BCUT2D eigenvalue weighted by molar-refractivity contribution is 5.81. The van der Waals surface area contributed by atoms with Gasteiger partial charge in [0.05, 0.1) is 12.0 Å². The van der Waals surface area contributed by atoms with Gasteiger partial charge in [0.25, 0.3) is 0 Å². The lowest BCUT2D eigenvalue weighted by Gasteiger charge is -2.35. The molecule has 1 aliphatic heterocycles. The van der Waals surface area contributed by atoms with Gasteiger partial charge in [-0.05, 0) is 38.3 Å². The molecule has 1 heterocycles. The number of nitrogens with zero attached hydrogens (tertiary/aromatic N) is 1. The third kappa shape index (κ3) is 2.86. The first-order chi connectivity index (χ1) is 10.7. The van der Waals surface area contributed by atoms with E-state index in [9.17, 15) is 20.0 Å². The number of phenols is 1. The standard InChI is InChI=1S/C16H19NO6/c1-9-10(2)14-12(11(13(9)18)6-8-17(20)21)5-7-16(3,23-14)15(19)22-4/h6,8,18H,5,7H2,1-4H3/b8-6+. The molecule has 7 heteroatoms. The van der Waals surface area contributed by atoms with Crippen LogP contribution < -0.4 is 4.74 Å². The summed E-state index contributed by atoms with van der Waals surface area (Å²) in [4.78, 5) is 21.9. The van der Waals surface area contributed by atoms with Crippen LogP contribution in [0.25, 0.3) is 6.08 Å². The summed E-state index contributed by atoms with van der Waals surface area (Å²) in [6.45, 7) is 5.12. The molecule has 1 aromatic carbocycles. The van der Waals surface area contributed by atoms with E-state index in [2.05, 4.69) is 0 Å². The molecule has 0 saturated heterocycles. The number of aromatic hydroxyl groups is 1. The zero-order valence-electron chi connectivity index (χ0n) is 13.5. The zero-order chi connectivity index (χ0) is 17.4. The monoisotopic (exact) mass is 321 g/mol. The maximum atomic E-state index is 12.0. The van der Waals surface area contributed by atoms with E-state index < -0.39 is 16.5 Å². The molecule has 0 radical (unpaired) electrons. The van der Waals surface area contributed by atoms with Crippen LogP contribution in [-0.4, -0.2) is 28.7 Å². The van der Waals surface area contributed by atoms with E-state index in [1.54, 1.807) is 20.8 Å². The van der Waals surface area contributed by atoms with Crippen molar-refractivity contribution in [1.29, 1.82) is 0 Å². The maximum Gasteiger partial charge on any atom is 0.349 e. The van der Waals surface area contributed by atoms with Gasteiger partial charge in [-0.15, -0.1) is 0 Å². The van der Waals surface area contributed by atoms with Crippen molar-refractivity contribution in [2.75, 3.05) is 7.11 Å². The molecule has 0 aliphatic carbocycles. The second-order valence-electron chi connectivity index (χ2n) is 5.75. The van der Waals surface area contributed by atoms with Crippen LogP contribution in [-0.2, 0) is 16.0 Å². The van der Waals surface area contributed by atoms with Crippen molar-refractivity contribution in [3.8, 4) is 11.5 Å². The molecule has 2 rings (SSSR count). The van der Waals surface area contributed by atoms with Gasteiger partial charge in [0.15, 0.2) is 0 Å². The molecule has 0 fully saturated rings. The predicted molar refractivity (Wildman–Crippen MR) is 83.0 cm³/mol. The Bertz CT molecular complexity index is 709. The van der Waals surface area contributed by atoms with Crippen molar-refractivity contribution in [2.45, 2.75) is 39.2 Å². The molecule has 1 atom stereocenters. The largest absolute Gasteiger partial charge is 0.507 e. The second kappa shape index (κ2) is 5.91. The average molecular weight is 321 g/mol. The lowest BCUT2D eigenvalue weighted by atomic mass is 9.86. The second-order valence-corrected chi connectivity index (χ2v) is 5.75. The maximum absolute atomic E-state index is 12.0. The molecular weight excluding hydrogens is 302 g/mol. The van der Waals surface area contributed by atoms with Crippen molar-refractivity contribution >= 4 is 12.0 Å². The number of phenolic OH excluding ortho intramolecular Hbond substituents is 1. The van der Waals surface area contributed by atoms with E-state index in [4.69, 9.17) is 9.47 Å². The first-order valence-corrected chi connectivity index (χ1v) is 7.15. The van der Waals surface area contributed by atoms with E-state index in [1.165, 1.54) is 13.2 Å². The van der Waals surface area contributed by atoms with Gasteiger partial charge in [0, 0.05) is 23.6 Å². The van der Waals surface area contributed by atoms with Gasteiger partial charge in [0.2, 0.25) is 11.8 Å². The van der Waals surface area contributed by atoms with Crippen LogP contribution in [0.1, 0.15) is 35.6 Å². The number of benzene rings is 1. The highest BCUT2D eigenvalue weighted by atomic mass is 16.6. The number of carbonyl (C=O) groups excluding carboxylic acids is 1. The van der Waals surface area contributed by atoms with E-state index in [1.807, 2.05) is 0 Å². The summed E-state index contributed by atoms with van der Waals surface area (Å²) in [6.07, 6.45) is 2.82. The highest BCUT2D eigenvalue weighted by Crippen LogP contribution is 2.44. The molecule has 1 aliphatic rings. The highest BCUT2D eigenvalue weighted by Gasteiger charge is 2.42. The number of ether oxygens (including phenoxy) is 2. The van der Waals surface area contributed by atoms with Gasteiger partial charge in [-0.25, -0.2) is 4.79 Å². The van der Waals surface area contributed by atoms with Gasteiger partial charge in [0.1, 0.15) is 11.5 Å². The van der Waals surface area contributed by atoms with Crippen molar-refractivity contribution in [1.82, 2.24) is 0 Å². The fourth-order valence-corrected chi connectivity index (χ4v) is 2.74. The number of rotatable bonds is 3. The van der Waals surface area contributed by atoms with Crippen LogP contribution in [0.2, 0.25) is 0 Å². The molecule has 0 spiro atoms. The lowest BCUT2D eigenvalue weighted by molar-refractivity contribution is -0.400. The molecule has 1 unspecified atom stereocenters. The minimum Gasteiger partial charge on any atom is -0.507 e. The van der Waals surface area contributed by atoms with Crippen molar-refractivity contribution in [3.63, 3.8) is 0 Å². The summed E-state index contributed by atoms with van der Waals surface area (Å²) in [5, 5.41) is 20.9. The Morgan fingerprint density at radius 3 is 2.65 bits per heavy atom. The molecule has 0 aromatic heterocycles.